The Morgan fingerprint density at radius 2 is 1.39 bits per heavy atom. The number of carbonyl (C=O) groups excluding carboxylic acids is 5. The molecule has 0 unspecified atom stereocenters. The normalized spacial score (nSPS) is 13.4. The van der Waals surface area contributed by atoms with Gasteiger partial charge in [0.2, 0.25) is 0 Å². The second kappa shape index (κ2) is 12.3. The van der Waals surface area contributed by atoms with Crippen molar-refractivity contribution in [1.82, 2.24) is 4.90 Å². The fraction of sp³-hybridized carbons (Fsp3) is 0.320. The number of rotatable bonds is 9. The number of imide groups is 1. The molecule has 0 fully saturated rings. The summed E-state index contributed by atoms with van der Waals surface area (Å²) in [7, 11) is 0. The van der Waals surface area contributed by atoms with Crippen molar-refractivity contribution in [2.45, 2.75) is 33.2 Å². The van der Waals surface area contributed by atoms with E-state index in [-0.39, 0.29) is 50.2 Å². The number of halogens is 4. The number of amides is 3. The number of ether oxygens (including phenoxy) is 2. The molecule has 1 aliphatic heterocycles. The lowest BCUT2D eigenvalue weighted by Crippen LogP contribution is -2.47. The van der Waals surface area contributed by atoms with Crippen molar-refractivity contribution in [2.24, 2.45) is 5.92 Å². The van der Waals surface area contributed by atoms with Crippen molar-refractivity contribution < 1.29 is 33.4 Å². The third-order valence-corrected chi connectivity index (χ3v) is 7.24. The fourth-order valence-electron chi connectivity index (χ4n) is 3.74. The lowest BCUT2D eigenvalue weighted by molar-refractivity contribution is -0.151. The quantitative estimate of drug-likeness (QED) is 0.170. The Balaban J connectivity index is 1.74. The maximum atomic E-state index is 13.2. The van der Waals surface area contributed by atoms with Crippen LogP contribution in [0.5, 0.6) is 0 Å². The minimum atomic E-state index is -1.37. The van der Waals surface area contributed by atoms with E-state index in [9.17, 15) is 24.0 Å². The Hall–Kier alpha value is -2.85. The average molecular weight is 604 g/mol. The van der Waals surface area contributed by atoms with Gasteiger partial charge in [-0.25, -0.2) is 9.59 Å². The van der Waals surface area contributed by atoms with Crippen LogP contribution in [0.3, 0.4) is 0 Å². The van der Waals surface area contributed by atoms with Gasteiger partial charge >= 0.3 is 11.9 Å². The number of carbonyl (C=O) groups is 5. The summed E-state index contributed by atoms with van der Waals surface area (Å²) in [5.74, 6) is -4.09. The summed E-state index contributed by atoms with van der Waals surface area (Å²) >= 11 is 24.5. The Kier molecular flexibility index (Phi) is 9.64. The summed E-state index contributed by atoms with van der Waals surface area (Å²) in [6.45, 7) is 4.76. The second-order valence-electron chi connectivity index (χ2n) is 8.59. The molecule has 38 heavy (non-hydrogen) atoms. The van der Waals surface area contributed by atoms with E-state index in [0.717, 1.165) is 0 Å². The van der Waals surface area contributed by atoms with Crippen molar-refractivity contribution >= 4 is 81.8 Å². The zero-order valence-corrected chi connectivity index (χ0v) is 23.4. The lowest BCUT2D eigenvalue weighted by atomic mass is 10.0. The molecule has 0 aromatic heterocycles. The van der Waals surface area contributed by atoms with Gasteiger partial charge in [-0.3, -0.25) is 19.3 Å². The van der Waals surface area contributed by atoms with Gasteiger partial charge in [0, 0.05) is 5.69 Å². The molecule has 3 rings (SSSR count). The summed E-state index contributed by atoms with van der Waals surface area (Å²) in [4.78, 5) is 64.3. The highest BCUT2D eigenvalue weighted by Crippen LogP contribution is 2.45. The average Bonchev–Trinajstić information content (AvgIpc) is 3.13. The largest absolute Gasteiger partial charge is 0.462 e. The molecule has 202 valence electrons. The number of benzene rings is 2. The van der Waals surface area contributed by atoms with Crippen LogP contribution in [0.25, 0.3) is 0 Å². The van der Waals surface area contributed by atoms with Gasteiger partial charge in [-0.2, -0.15) is 0 Å². The molecule has 1 heterocycles. The Bertz CT molecular complexity index is 1270. The van der Waals surface area contributed by atoms with Gasteiger partial charge in [-0.1, -0.05) is 60.3 Å². The number of nitrogens with one attached hydrogen (secondary N) is 1. The van der Waals surface area contributed by atoms with Crippen molar-refractivity contribution in [2.75, 3.05) is 18.5 Å². The minimum absolute atomic E-state index is 0.0396. The molecular weight excluding hydrogens is 582 g/mol. The van der Waals surface area contributed by atoms with Crippen molar-refractivity contribution in [3.05, 3.63) is 61.0 Å². The highest BCUT2D eigenvalue weighted by Gasteiger charge is 2.47. The summed E-state index contributed by atoms with van der Waals surface area (Å²) in [6.07, 6.45) is 0.0396. The first-order chi connectivity index (χ1) is 17.9. The third kappa shape index (κ3) is 6.07. The zero-order chi connectivity index (χ0) is 28.3. The van der Waals surface area contributed by atoms with E-state index in [0.29, 0.717) is 16.2 Å². The van der Waals surface area contributed by atoms with Crippen LogP contribution < -0.4 is 5.32 Å². The van der Waals surface area contributed by atoms with Gasteiger partial charge in [0.1, 0.15) is 6.04 Å². The first-order valence-electron chi connectivity index (χ1n) is 11.4. The number of hydrogen-bond donors (Lipinski definition) is 1. The molecular formula is C25H22Cl4N2O7. The monoisotopic (exact) mass is 602 g/mol. The number of anilines is 1. The topological polar surface area (TPSA) is 119 Å². The van der Waals surface area contributed by atoms with Crippen LogP contribution in [0.2, 0.25) is 20.1 Å². The zero-order valence-electron chi connectivity index (χ0n) is 20.4. The summed E-state index contributed by atoms with van der Waals surface area (Å²) in [6, 6.07) is 4.53. The van der Waals surface area contributed by atoms with E-state index in [1.165, 1.54) is 24.3 Å². The highest BCUT2D eigenvalue weighted by atomic mass is 35.5. The van der Waals surface area contributed by atoms with E-state index in [1.54, 1.807) is 20.8 Å². The fourth-order valence-corrected chi connectivity index (χ4v) is 4.75. The molecule has 0 aliphatic carbocycles. The Morgan fingerprint density at radius 3 is 1.87 bits per heavy atom. The molecule has 2 aromatic carbocycles. The summed E-state index contributed by atoms with van der Waals surface area (Å²) in [5.41, 5.74) is 0.121. The van der Waals surface area contributed by atoms with E-state index in [1.807, 2.05) is 0 Å². The molecule has 0 saturated carbocycles. The van der Waals surface area contributed by atoms with Gasteiger partial charge in [-0.15, -0.1) is 0 Å². The molecule has 1 N–H and O–H groups in total. The van der Waals surface area contributed by atoms with Crippen molar-refractivity contribution in [1.29, 1.82) is 0 Å². The van der Waals surface area contributed by atoms with Crippen LogP contribution in [0.4, 0.5) is 5.69 Å². The van der Waals surface area contributed by atoms with Crippen molar-refractivity contribution in [3.63, 3.8) is 0 Å². The van der Waals surface area contributed by atoms with Crippen LogP contribution in [0.15, 0.2) is 24.3 Å². The van der Waals surface area contributed by atoms with Gasteiger partial charge in [0.05, 0.1) is 43.4 Å². The standard InChI is InChI=1S/C25H22Cl4N2O7/c1-4-37-24(35)12-5-7-13(8-6-12)30-15(32)10-38-25(36)14(9-11(2)3)31-22(33)16-17(23(31)34)19(27)21(29)20(28)18(16)26/h5-8,11,14H,4,9-10H2,1-3H3,(H,30,32)/t14-/m0/s1. The van der Waals surface area contributed by atoms with Crippen LogP contribution in [-0.2, 0) is 19.1 Å². The Labute approximate surface area is 238 Å². The molecule has 1 aliphatic rings. The van der Waals surface area contributed by atoms with Gasteiger partial charge in [0.25, 0.3) is 17.7 Å². The molecule has 3 amide bonds. The predicted octanol–water partition coefficient (Wildman–Crippen LogP) is 5.67. The maximum absolute atomic E-state index is 13.2. The first kappa shape index (κ1) is 29.7. The van der Waals surface area contributed by atoms with Gasteiger partial charge in [0.15, 0.2) is 6.61 Å². The molecule has 0 bridgehead atoms. The molecule has 1 atom stereocenters. The molecule has 0 radical (unpaired) electrons. The van der Waals surface area contributed by atoms with E-state index in [2.05, 4.69) is 5.32 Å². The smallest absolute Gasteiger partial charge is 0.338 e. The van der Waals surface area contributed by atoms with Crippen LogP contribution in [-0.4, -0.2) is 53.8 Å². The third-order valence-electron chi connectivity index (χ3n) is 5.44. The number of esters is 2. The summed E-state index contributed by atoms with van der Waals surface area (Å²) < 4.78 is 10.1. The van der Waals surface area contributed by atoms with Crippen LogP contribution in [0, 0.1) is 5.92 Å². The van der Waals surface area contributed by atoms with E-state index in [4.69, 9.17) is 55.9 Å². The highest BCUT2D eigenvalue weighted by molar-refractivity contribution is 6.55. The van der Waals surface area contributed by atoms with E-state index < -0.39 is 42.3 Å². The number of fused-ring (bicyclic) bond motifs is 1. The van der Waals surface area contributed by atoms with Crippen LogP contribution >= 0.6 is 46.4 Å². The predicted molar refractivity (Wildman–Crippen MR) is 142 cm³/mol. The van der Waals surface area contributed by atoms with E-state index >= 15 is 0 Å². The van der Waals surface area contributed by atoms with Gasteiger partial charge in [-0.05, 0) is 43.5 Å². The first-order valence-corrected chi connectivity index (χ1v) is 12.9. The Morgan fingerprint density at radius 1 is 0.868 bits per heavy atom. The molecule has 0 spiro atoms. The second-order valence-corrected chi connectivity index (χ2v) is 10.1. The summed E-state index contributed by atoms with van der Waals surface area (Å²) in [5, 5.41) is 1.60. The van der Waals surface area contributed by atoms with Gasteiger partial charge < -0.3 is 14.8 Å². The minimum Gasteiger partial charge on any atom is -0.462 e. The lowest BCUT2D eigenvalue weighted by Gasteiger charge is -2.26. The SMILES string of the molecule is CCOC(=O)c1ccc(NC(=O)COC(=O)[C@H](CC(C)C)N2C(=O)c3c(Cl)c(Cl)c(Cl)c(Cl)c3C2=O)cc1. The molecule has 2 aromatic rings. The van der Waals surface area contributed by atoms with Crippen LogP contribution in [0.1, 0.15) is 58.3 Å². The molecule has 9 nitrogen and oxygen atoms in total. The number of hydrogen-bond acceptors (Lipinski definition) is 7. The maximum Gasteiger partial charge on any atom is 0.338 e. The molecule has 13 heteroatoms. The molecule has 0 saturated heterocycles. The number of nitrogens with zero attached hydrogens (tertiary/aromatic N) is 1. The van der Waals surface area contributed by atoms with Crippen molar-refractivity contribution in [3.8, 4) is 0 Å².